The fraction of sp³-hybridized carbons (Fsp3) is 0.174. The zero-order valence-electron chi connectivity index (χ0n) is 18.8. The Morgan fingerprint density at radius 3 is 2.26 bits per heavy atom. The summed E-state index contributed by atoms with van der Waals surface area (Å²) < 4.78 is 33.1. The zero-order valence-corrected chi connectivity index (χ0v) is 20.4. The number of thiophene rings is 1. The molecule has 0 atom stereocenters. The Labute approximate surface area is 202 Å². The second-order valence-electron chi connectivity index (χ2n) is 7.12. The monoisotopic (exact) mass is 500 g/mol. The van der Waals surface area contributed by atoms with Crippen molar-refractivity contribution < 1.29 is 22.7 Å². The number of hydrogen-bond donors (Lipinski definition) is 2. The van der Waals surface area contributed by atoms with Crippen LogP contribution in [-0.4, -0.2) is 39.6 Å². The summed E-state index contributed by atoms with van der Waals surface area (Å²) in [6.45, 7) is 2.61. The summed E-state index contributed by atoms with van der Waals surface area (Å²) in [5.74, 6) is -0.336. The molecule has 0 unspecified atom stereocenters. The van der Waals surface area contributed by atoms with Gasteiger partial charge in [-0.3, -0.25) is 13.9 Å². The average Bonchev–Trinajstić information content (AvgIpc) is 3.36. The summed E-state index contributed by atoms with van der Waals surface area (Å²) in [5.41, 5.74) is 3.77. The van der Waals surface area contributed by atoms with E-state index in [1.807, 2.05) is 17.5 Å². The van der Waals surface area contributed by atoms with Crippen LogP contribution in [0, 0.1) is 0 Å². The lowest BCUT2D eigenvalue weighted by Gasteiger charge is -2.24. The maximum absolute atomic E-state index is 13.5. The predicted molar refractivity (Wildman–Crippen MR) is 133 cm³/mol. The van der Waals surface area contributed by atoms with Crippen molar-refractivity contribution in [2.45, 2.75) is 18.7 Å². The average molecular weight is 501 g/mol. The van der Waals surface area contributed by atoms with Crippen molar-refractivity contribution in [3.8, 4) is 5.75 Å². The maximum atomic E-state index is 13.5. The maximum Gasteiger partial charge on any atom is 0.264 e. The Bertz CT molecular complexity index is 1270. The highest BCUT2D eigenvalue weighted by molar-refractivity contribution is 7.92. The van der Waals surface area contributed by atoms with E-state index >= 15 is 0 Å². The van der Waals surface area contributed by atoms with Crippen LogP contribution in [0.1, 0.15) is 18.7 Å². The number of ether oxygens (including phenoxy) is 1. The van der Waals surface area contributed by atoms with E-state index in [4.69, 9.17) is 4.74 Å². The van der Waals surface area contributed by atoms with Gasteiger partial charge in [-0.15, -0.1) is 11.3 Å². The van der Waals surface area contributed by atoms with Crippen molar-refractivity contribution in [2.24, 2.45) is 5.10 Å². The number of benzene rings is 2. The van der Waals surface area contributed by atoms with Gasteiger partial charge in [0.05, 0.1) is 23.4 Å². The highest BCUT2D eigenvalue weighted by atomic mass is 32.2. The molecule has 2 amide bonds. The minimum absolute atomic E-state index is 0.0384. The fourth-order valence-corrected chi connectivity index (χ4v) is 5.05. The third-order valence-corrected chi connectivity index (χ3v) is 7.40. The molecule has 9 nitrogen and oxygen atoms in total. The lowest BCUT2D eigenvalue weighted by Crippen LogP contribution is -2.39. The Kier molecular flexibility index (Phi) is 8.03. The normalized spacial score (nSPS) is 11.6. The van der Waals surface area contributed by atoms with Crippen LogP contribution in [0.15, 0.2) is 76.0 Å². The third kappa shape index (κ3) is 6.21. The molecule has 0 bridgehead atoms. The largest absolute Gasteiger partial charge is 0.497 e. The van der Waals surface area contributed by atoms with E-state index in [0.717, 1.165) is 9.18 Å². The Morgan fingerprint density at radius 2 is 1.71 bits per heavy atom. The Morgan fingerprint density at radius 1 is 1.03 bits per heavy atom. The van der Waals surface area contributed by atoms with Gasteiger partial charge in [-0.25, -0.2) is 13.8 Å². The van der Waals surface area contributed by atoms with Gasteiger partial charge in [-0.2, -0.15) is 5.10 Å². The van der Waals surface area contributed by atoms with Crippen LogP contribution >= 0.6 is 11.3 Å². The summed E-state index contributed by atoms with van der Waals surface area (Å²) in [4.78, 5) is 24.8. The number of hydrogen-bond acceptors (Lipinski definition) is 7. The zero-order chi connectivity index (χ0) is 24.7. The van der Waals surface area contributed by atoms with Crippen molar-refractivity contribution in [3.63, 3.8) is 0 Å². The van der Waals surface area contributed by atoms with Crippen molar-refractivity contribution in [1.82, 2.24) is 5.43 Å². The summed E-state index contributed by atoms with van der Waals surface area (Å²) in [6.07, 6.45) is 0. The molecule has 1 aromatic heterocycles. The minimum Gasteiger partial charge on any atom is -0.497 e. The number of hydrazone groups is 1. The molecule has 0 spiro atoms. The number of amides is 2. The molecule has 0 saturated carbocycles. The second-order valence-corrected chi connectivity index (χ2v) is 9.93. The molecule has 0 fully saturated rings. The number of methoxy groups -OCH3 is 1. The van der Waals surface area contributed by atoms with E-state index in [0.29, 0.717) is 17.1 Å². The molecule has 0 saturated heterocycles. The third-order valence-electron chi connectivity index (χ3n) is 4.64. The highest BCUT2D eigenvalue weighted by Crippen LogP contribution is 2.26. The molecule has 1 heterocycles. The molecule has 0 aliphatic heterocycles. The first-order chi connectivity index (χ1) is 16.2. The Hall–Kier alpha value is -3.70. The topological polar surface area (TPSA) is 117 Å². The van der Waals surface area contributed by atoms with Crippen LogP contribution in [0.3, 0.4) is 0 Å². The minimum atomic E-state index is -4.12. The van der Waals surface area contributed by atoms with E-state index in [2.05, 4.69) is 15.8 Å². The van der Waals surface area contributed by atoms with E-state index in [1.54, 1.807) is 31.2 Å². The lowest BCUT2D eigenvalue weighted by atomic mass is 10.3. The van der Waals surface area contributed by atoms with E-state index in [9.17, 15) is 18.0 Å². The molecule has 34 heavy (non-hydrogen) atoms. The SMILES string of the molecule is COc1ccc(N(CC(=O)N/N=C(/C)c2cccs2)S(=O)(=O)c2ccc(NC(C)=O)cc2)cc1. The number of nitrogens with one attached hydrogen (secondary N) is 2. The molecule has 0 aliphatic carbocycles. The number of rotatable bonds is 9. The van der Waals surface area contributed by atoms with Gasteiger partial charge in [0.15, 0.2) is 0 Å². The highest BCUT2D eigenvalue weighted by Gasteiger charge is 2.27. The fourth-order valence-electron chi connectivity index (χ4n) is 2.96. The van der Waals surface area contributed by atoms with Gasteiger partial charge in [0.1, 0.15) is 12.3 Å². The van der Waals surface area contributed by atoms with E-state index < -0.39 is 22.5 Å². The van der Waals surface area contributed by atoms with Crippen LogP contribution in [0.2, 0.25) is 0 Å². The van der Waals surface area contributed by atoms with Crippen LogP contribution in [0.25, 0.3) is 0 Å². The molecular formula is C23H24N4O5S2. The van der Waals surface area contributed by atoms with Gasteiger partial charge in [0, 0.05) is 17.5 Å². The van der Waals surface area contributed by atoms with Crippen LogP contribution in [-0.2, 0) is 19.6 Å². The van der Waals surface area contributed by atoms with Crippen molar-refractivity contribution >= 4 is 50.3 Å². The number of anilines is 2. The molecule has 178 valence electrons. The number of nitrogens with zero attached hydrogens (tertiary/aromatic N) is 2. The first kappa shape index (κ1) is 24.9. The van der Waals surface area contributed by atoms with Crippen molar-refractivity contribution in [1.29, 1.82) is 0 Å². The molecule has 11 heteroatoms. The van der Waals surface area contributed by atoms with Crippen molar-refractivity contribution in [2.75, 3.05) is 23.3 Å². The number of sulfonamides is 1. The molecule has 0 aliphatic rings. The molecule has 3 rings (SSSR count). The lowest BCUT2D eigenvalue weighted by molar-refractivity contribution is -0.119. The second kappa shape index (κ2) is 10.9. The molecule has 3 aromatic rings. The van der Waals surface area contributed by atoms with Crippen LogP contribution in [0.4, 0.5) is 11.4 Å². The number of carbonyl (C=O) groups excluding carboxylic acids is 2. The first-order valence-corrected chi connectivity index (χ1v) is 12.4. The first-order valence-electron chi connectivity index (χ1n) is 10.1. The van der Waals surface area contributed by atoms with Gasteiger partial charge in [0.25, 0.3) is 15.9 Å². The van der Waals surface area contributed by atoms with Crippen LogP contribution in [0.5, 0.6) is 5.75 Å². The van der Waals surface area contributed by atoms with Gasteiger partial charge in [-0.05, 0) is 66.9 Å². The summed E-state index contributed by atoms with van der Waals surface area (Å²) in [6, 6.07) is 15.8. The number of carbonyl (C=O) groups is 2. The summed E-state index contributed by atoms with van der Waals surface area (Å²) in [7, 11) is -2.62. The molecule has 2 N–H and O–H groups in total. The quantitative estimate of drug-likeness (QED) is 0.345. The summed E-state index contributed by atoms with van der Waals surface area (Å²) in [5, 5.41) is 8.56. The summed E-state index contributed by atoms with van der Waals surface area (Å²) >= 11 is 1.48. The van der Waals surface area contributed by atoms with Gasteiger partial charge >= 0.3 is 0 Å². The molecule has 2 aromatic carbocycles. The molecule has 0 radical (unpaired) electrons. The van der Waals surface area contributed by atoms with Gasteiger partial charge in [0.2, 0.25) is 5.91 Å². The van der Waals surface area contributed by atoms with E-state index in [1.165, 1.54) is 49.6 Å². The molecular weight excluding hydrogens is 476 g/mol. The van der Waals surface area contributed by atoms with Crippen LogP contribution < -0.4 is 19.8 Å². The smallest absolute Gasteiger partial charge is 0.264 e. The van der Waals surface area contributed by atoms with Crippen molar-refractivity contribution in [3.05, 3.63) is 70.9 Å². The van der Waals surface area contributed by atoms with E-state index in [-0.39, 0.29) is 16.5 Å². The Balaban J connectivity index is 1.89. The standard InChI is InChI=1S/C23H24N4O5S2/c1-16(22-5-4-14-33-22)25-26-23(29)15-27(19-8-10-20(32-3)11-9-19)34(30,31)21-12-6-18(7-13-21)24-17(2)28/h4-14H,15H2,1-3H3,(H,24,28)(H,26,29)/b25-16-. The predicted octanol–water partition coefficient (Wildman–Crippen LogP) is 3.45. The van der Waals surface area contributed by atoms with Gasteiger partial charge in [-0.1, -0.05) is 6.07 Å². The van der Waals surface area contributed by atoms with Gasteiger partial charge < -0.3 is 10.1 Å².